The van der Waals surface area contributed by atoms with Crippen molar-refractivity contribution in [2.24, 2.45) is 0 Å². The van der Waals surface area contributed by atoms with Gasteiger partial charge in [0.25, 0.3) is 0 Å². The van der Waals surface area contributed by atoms with E-state index in [0.29, 0.717) is 17.7 Å². The van der Waals surface area contributed by atoms with E-state index in [1.807, 2.05) is 21.0 Å². The Hall–Kier alpha value is -1.67. The quantitative estimate of drug-likeness (QED) is 0.788. The van der Waals surface area contributed by atoms with Crippen molar-refractivity contribution in [1.29, 1.82) is 5.26 Å². The Morgan fingerprint density at radius 3 is 2.56 bits per heavy atom. The zero-order valence-corrected chi connectivity index (χ0v) is 11.8. The second-order valence-corrected chi connectivity index (χ2v) is 4.70. The number of aromatic nitrogens is 2. The second kappa shape index (κ2) is 6.31. The first-order chi connectivity index (χ1) is 8.47. The molecule has 0 saturated heterocycles. The summed E-state index contributed by atoms with van der Waals surface area (Å²) in [7, 11) is 4.09. The summed E-state index contributed by atoms with van der Waals surface area (Å²) in [6.07, 6.45) is 0. The van der Waals surface area contributed by atoms with E-state index in [9.17, 15) is 0 Å². The molecule has 1 atom stereocenters. The van der Waals surface area contributed by atoms with Crippen molar-refractivity contribution in [1.82, 2.24) is 14.9 Å². The first kappa shape index (κ1) is 14.4. The van der Waals surface area contributed by atoms with Crippen LogP contribution in [0.2, 0.25) is 0 Å². The number of aryl methyl sites for hydroxylation is 1. The molecule has 0 bridgehead atoms. The molecule has 5 heteroatoms. The molecule has 18 heavy (non-hydrogen) atoms. The average Bonchev–Trinajstić information content (AvgIpc) is 2.28. The van der Waals surface area contributed by atoms with Crippen molar-refractivity contribution in [3.05, 3.63) is 17.5 Å². The molecule has 0 aromatic carbocycles. The summed E-state index contributed by atoms with van der Waals surface area (Å²) in [5.74, 6) is 0.642. The number of rotatable bonds is 5. The lowest BCUT2D eigenvalue weighted by molar-refractivity contribution is 0.371. The summed E-state index contributed by atoms with van der Waals surface area (Å²) in [4.78, 5) is 13.0. The van der Waals surface area contributed by atoms with Gasteiger partial charge in [0.05, 0.1) is 0 Å². The number of likely N-dealkylation sites (N-methyl/N-ethyl adjacent to an activating group) is 2. The molecule has 0 amide bonds. The highest BCUT2D eigenvalue weighted by Crippen LogP contribution is 2.13. The molecule has 0 aliphatic heterocycles. The van der Waals surface area contributed by atoms with Gasteiger partial charge in [0.15, 0.2) is 0 Å². The molecule has 0 N–H and O–H groups in total. The van der Waals surface area contributed by atoms with Gasteiger partial charge in [0, 0.05) is 24.8 Å². The molecule has 1 aromatic heterocycles. The van der Waals surface area contributed by atoms with Crippen molar-refractivity contribution in [3.8, 4) is 6.07 Å². The number of nitriles is 1. The summed E-state index contributed by atoms with van der Waals surface area (Å²) in [5, 5.41) is 8.96. The van der Waals surface area contributed by atoms with Crippen LogP contribution in [0, 0.1) is 18.3 Å². The normalized spacial score (nSPS) is 12.3. The maximum absolute atomic E-state index is 8.96. The van der Waals surface area contributed by atoms with Crippen LogP contribution in [0.3, 0.4) is 0 Å². The van der Waals surface area contributed by atoms with Gasteiger partial charge in [0.1, 0.15) is 11.8 Å². The van der Waals surface area contributed by atoms with Crippen molar-refractivity contribution < 1.29 is 0 Å². The molecule has 0 saturated carbocycles. The first-order valence-electron chi connectivity index (χ1n) is 6.15. The molecule has 0 fully saturated rings. The van der Waals surface area contributed by atoms with Crippen LogP contribution >= 0.6 is 0 Å². The van der Waals surface area contributed by atoms with Gasteiger partial charge in [-0.3, -0.25) is 0 Å². The predicted molar refractivity (Wildman–Crippen MR) is 72.5 cm³/mol. The van der Waals surface area contributed by atoms with E-state index < -0.39 is 0 Å². The third-order valence-corrected chi connectivity index (χ3v) is 2.72. The lowest BCUT2D eigenvalue weighted by Crippen LogP contribution is -2.41. The molecule has 0 aliphatic rings. The van der Waals surface area contributed by atoms with Crippen LogP contribution in [-0.4, -0.2) is 48.1 Å². The topological polar surface area (TPSA) is 56.1 Å². The van der Waals surface area contributed by atoms with E-state index in [0.717, 1.165) is 18.8 Å². The van der Waals surface area contributed by atoms with Gasteiger partial charge < -0.3 is 9.80 Å². The fraction of sp³-hybridized carbons (Fsp3) is 0.615. The number of anilines is 1. The van der Waals surface area contributed by atoms with Crippen LogP contribution in [0.5, 0.6) is 0 Å². The average molecular weight is 247 g/mol. The summed E-state index contributed by atoms with van der Waals surface area (Å²) in [6, 6.07) is 4.09. The van der Waals surface area contributed by atoms with Crippen LogP contribution in [-0.2, 0) is 0 Å². The highest BCUT2D eigenvalue weighted by molar-refractivity contribution is 5.36. The Morgan fingerprint density at radius 1 is 1.39 bits per heavy atom. The minimum atomic E-state index is 0.304. The van der Waals surface area contributed by atoms with Gasteiger partial charge >= 0.3 is 0 Å². The van der Waals surface area contributed by atoms with E-state index in [1.54, 1.807) is 6.07 Å². The highest BCUT2D eigenvalue weighted by Gasteiger charge is 2.17. The molecule has 0 spiro atoms. The summed E-state index contributed by atoms with van der Waals surface area (Å²) < 4.78 is 0. The number of nitrogens with zero attached hydrogens (tertiary/aromatic N) is 5. The number of hydrogen-bond donors (Lipinski definition) is 0. The highest BCUT2D eigenvalue weighted by atomic mass is 15.3. The summed E-state index contributed by atoms with van der Waals surface area (Å²) >= 11 is 0. The maximum Gasteiger partial charge on any atom is 0.227 e. The lowest BCUT2D eigenvalue weighted by atomic mass is 10.2. The van der Waals surface area contributed by atoms with E-state index in [4.69, 9.17) is 5.26 Å². The second-order valence-electron chi connectivity index (χ2n) is 4.70. The smallest absolute Gasteiger partial charge is 0.227 e. The Labute approximate surface area is 109 Å². The zero-order valence-electron chi connectivity index (χ0n) is 11.8. The van der Waals surface area contributed by atoms with Gasteiger partial charge in [-0.25, -0.2) is 9.97 Å². The monoisotopic (exact) mass is 247 g/mol. The predicted octanol–water partition coefficient (Wildman–Crippen LogP) is 1.43. The Bertz CT molecular complexity index is 435. The fourth-order valence-corrected chi connectivity index (χ4v) is 2.02. The summed E-state index contributed by atoms with van der Waals surface area (Å²) in [5.41, 5.74) is 1.25. The van der Waals surface area contributed by atoms with Crippen molar-refractivity contribution in [3.63, 3.8) is 0 Å². The van der Waals surface area contributed by atoms with Gasteiger partial charge in [-0.15, -0.1) is 0 Å². The Kier molecular flexibility index (Phi) is 5.05. The lowest BCUT2D eigenvalue weighted by Gasteiger charge is -2.30. The molecule has 1 heterocycles. The standard InChI is InChI=1S/C13H21N5/c1-6-18(11(3)9-17(4)5)13-15-10(2)7-12(8-14)16-13/h7,11H,6,9H2,1-5H3. The van der Waals surface area contributed by atoms with E-state index in [2.05, 4.69) is 39.7 Å². The van der Waals surface area contributed by atoms with Crippen molar-refractivity contribution in [2.45, 2.75) is 26.8 Å². The largest absolute Gasteiger partial charge is 0.337 e. The van der Waals surface area contributed by atoms with Crippen molar-refractivity contribution in [2.75, 3.05) is 32.1 Å². The maximum atomic E-state index is 8.96. The molecular formula is C13H21N5. The van der Waals surface area contributed by atoms with Crippen LogP contribution in [0.15, 0.2) is 6.07 Å². The van der Waals surface area contributed by atoms with Gasteiger partial charge in [-0.05, 0) is 40.9 Å². The van der Waals surface area contributed by atoms with Gasteiger partial charge in [0.2, 0.25) is 5.95 Å². The summed E-state index contributed by atoms with van der Waals surface area (Å²) in [6.45, 7) is 7.85. The van der Waals surface area contributed by atoms with Crippen LogP contribution in [0.4, 0.5) is 5.95 Å². The molecule has 5 nitrogen and oxygen atoms in total. The fourth-order valence-electron chi connectivity index (χ4n) is 2.02. The molecule has 0 radical (unpaired) electrons. The van der Waals surface area contributed by atoms with Crippen molar-refractivity contribution >= 4 is 5.95 Å². The molecular weight excluding hydrogens is 226 g/mol. The first-order valence-corrected chi connectivity index (χ1v) is 6.15. The molecule has 1 aromatic rings. The van der Waals surface area contributed by atoms with Crippen LogP contribution < -0.4 is 4.90 Å². The van der Waals surface area contributed by atoms with Gasteiger partial charge in [-0.1, -0.05) is 0 Å². The van der Waals surface area contributed by atoms with E-state index >= 15 is 0 Å². The Balaban J connectivity index is 3.01. The molecule has 1 unspecified atom stereocenters. The SMILES string of the molecule is CCN(c1nc(C)cc(C#N)n1)C(C)CN(C)C. The van der Waals surface area contributed by atoms with Crippen LogP contribution in [0.1, 0.15) is 25.2 Å². The molecule has 0 aliphatic carbocycles. The van der Waals surface area contributed by atoms with E-state index in [1.165, 1.54) is 0 Å². The minimum Gasteiger partial charge on any atom is -0.337 e. The molecule has 1 rings (SSSR count). The van der Waals surface area contributed by atoms with Crippen LogP contribution in [0.25, 0.3) is 0 Å². The Morgan fingerprint density at radius 2 is 2.06 bits per heavy atom. The number of hydrogen-bond acceptors (Lipinski definition) is 5. The minimum absolute atomic E-state index is 0.304. The van der Waals surface area contributed by atoms with Gasteiger partial charge in [-0.2, -0.15) is 5.26 Å². The third kappa shape index (κ3) is 3.67. The zero-order chi connectivity index (χ0) is 13.7. The molecule has 98 valence electrons. The van der Waals surface area contributed by atoms with E-state index in [-0.39, 0.29) is 0 Å². The third-order valence-electron chi connectivity index (χ3n) is 2.72.